The molecule has 0 unspecified atom stereocenters. The van der Waals surface area contributed by atoms with Crippen LogP contribution in [0.2, 0.25) is 0 Å². The fraction of sp³-hybridized carbons (Fsp3) is 1.00. The van der Waals surface area contributed by atoms with Gasteiger partial charge in [-0.1, -0.05) is 0 Å². The SMILES string of the molecule is [NH-]S(=O)(=O)C(F)(F)C(F)(F)F.[NH4+]. The highest BCUT2D eigenvalue weighted by molar-refractivity contribution is 7.94. The average molecular weight is 216 g/mol. The first-order chi connectivity index (χ1) is 4.50. The second-order valence-electron chi connectivity index (χ2n) is 1.52. The molecule has 0 bridgehead atoms. The van der Waals surface area contributed by atoms with Crippen molar-refractivity contribution in [3.05, 3.63) is 5.14 Å². The summed E-state index contributed by atoms with van der Waals surface area (Å²) in [5.41, 5.74) is 0. The van der Waals surface area contributed by atoms with Gasteiger partial charge in [0, 0.05) is 0 Å². The summed E-state index contributed by atoms with van der Waals surface area (Å²) in [6.07, 6.45) is -6.23. The number of nitrogens with one attached hydrogen (secondary N) is 1. The molecule has 10 heteroatoms. The van der Waals surface area contributed by atoms with Crippen molar-refractivity contribution in [1.29, 1.82) is 0 Å². The highest BCUT2D eigenvalue weighted by Crippen LogP contribution is 2.40. The molecular formula is C2H5F5N2O2S. The molecule has 76 valence electrons. The van der Waals surface area contributed by atoms with E-state index in [4.69, 9.17) is 5.14 Å². The summed E-state index contributed by atoms with van der Waals surface area (Å²) in [5, 5.41) is -0.494. The smallest absolute Gasteiger partial charge is 0.467 e. The minimum Gasteiger partial charge on any atom is -0.559 e. The largest absolute Gasteiger partial charge is 0.559 e. The van der Waals surface area contributed by atoms with E-state index in [9.17, 15) is 30.4 Å². The van der Waals surface area contributed by atoms with Crippen molar-refractivity contribution in [2.24, 2.45) is 0 Å². The normalized spacial score (nSPS) is 13.8. The summed E-state index contributed by atoms with van der Waals surface area (Å²) >= 11 is 0. The van der Waals surface area contributed by atoms with Gasteiger partial charge in [-0.05, 0) is 0 Å². The van der Waals surface area contributed by atoms with E-state index in [0.717, 1.165) is 0 Å². The molecule has 0 aliphatic carbocycles. The highest BCUT2D eigenvalue weighted by Gasteiger charge is 2.62. The lowest BCUT2D eigenvalue weighted by atomic mass is 10.7. The molecule has 0 amide bonds. The summed E-state index contributed by atoms with van der Waals surface area (Å²) in [6.45, 7) is 0. The van der Waals surface area contributed by atoms with Gasteiger partial charge in [-0.2, -0.15) is 22.0 Å². The second kappa shape index (κ2) is 3.11. The van der Waals surface area contributed by atoms with Crippen molar-refractivity contribution in [2.75, 3.05) is 0 Å². The number of sulfonamides is 1. The van der Waals surface area contributed by atoms with E-state index in [1.165, 1.54) is 0 Å². The van der Waals surface area contributed by atoms with Crippen molar-refractivity contribution < 1.29 is 30.4 Å². The first kappa shape index (κ1) is 14.1. The lowest BCUT2D eigenvalue weighted by Gasteiger charge is -2.20. The van der Waals surface area contributed by atoms with Crippen LogP contribution >= 0.6 is 0 Å². The first-order valence-electron chi connectivity index (χ1n) is 1.94. The van der Waals surface area contributed by atoms with E-state index < -0.39 is 21.5 Å². The fourth-order valence-electron chi connectivity index (χ4n) is 0.152. The molecule has 0 rings (SSSR count). The van der Waals surface area contributed by atoms with Gasteiger partial charge in [0.2, 0.25) is 0 Å². The van der Waals surface area contributed by atoms with Crippen LogP contribution in [0.3, 0.4) is 0 Å². The van der Waals surface area contributed by atoms with Gasteiger partial charge in [0.25, 0.3) is 0 Å². The number of halogens is 5. The highest BCUT2D eigenvalue weighted by atomic mass is 32.2. The fourth-order valence-corrected chi connectivity index (χ4v) is 0.457. The molecule has 12 heavy (non-hydrogen) atoms. The maximum absolute atomic E-state index is 11.5. The zero-order valence-corrected chi connectivity index (χ0v) is 6.43. The molecule has 0 spiro atoms. The van der Waals surface area contributed by atoms with E-state index >= 15 is 0 Å². The summed E-state index contributed by atoms with van der Waals surface area (Å²) in [5.74, 6) is 0. The molecule has 0 aliphatic rings. The summed E-state index contributed by atoms with van der Waals surface area (Å²) in [6, 6.07) is 0. The van der Waals surface area contributed by atoms with Crippen LogP contribution in [0.1, 0.15) is 0 Å². The molecule has 0 saturated heterocycles. The van der Waals surface area contributed by atoms with E-state index in [2.05, 4.69) is 0 Å². The van der Waals surface area contributed by atoms with Gasteiger partial charge >= 0.3 is 11.4 Å². The van der Waals surface area contributed by atoms with Crippen LogP contribution in [0.5, 0.6) is 0 Å². The average Bonchev–Trinajstić information content (AvgIpc) is 1.58. The molecule has 4 nitrogen and oxygen atoms in total. The zero-order chi connectivity index (χ0) is 9.50. The Morgan fingerprint density at radius 2 is 1.25 bits per heavy atom. The van der Waals surface area contributed by atoms with Crippen LogP contribution in [0.15, 0.2) is 0 Å². The Morgan fingerprint density at radius 1 is 1.00 bits per heavy atom. The Labute approximate surface area is 64.2 Å². The molecule has 0 aromatic rings. The maximum atomic E-state index is 11.5. The summed E-state index contributed by atoms with van der Waals surface area (Å²) in [7, 11) is -6.17. The Balaban J connectivity index is 0. The van der Waals surface area contributed by atoms with Crippen molar-refractivity contribution in [2.45, 2.75) is 11.4 Å². The van der Waals surface area contributed by atoms with Crippen LogP contribution in [-0.4, -0.2) is 19.8 Å². The quantitative estimate of drug-likeness (QED) is 0.677. The van der Waals surface area contributed by atoms with Crippen molar-refractivity contribution in [1.82, 2.24) is 6.15 Å². The van der Waals surface area contributed by atoms with Gasteiger partial charge in [0.15, 0.2) is 0 Å². The predicted octanol–water partition coefficient (Wildman–Crippen LogP) is 1.90. The maximum Gasteiger partial charge on any atom is 0.467 e. The van der Waals surface area contributed by atoms with Gasteiger partial charge in [0.1, 0.15) is 10.0 Å². The van der Waals surface area contributed by atoms with Crippen LogP contribution in [0.4, 0.5) is 22.0 Å². The number of rotatable bonds is 1. The minimum absolute atomic E-state index is 0. The van der Waals surface area contributed by atoms with E-state index in [-0.39, 0.29) is 6.15 Å². The van der Waals surface area contributed by atoms with Gasteiger partial charge in [-0.15, -0.1) is 0 Å². The first-order valence-corrected chi connectivity index (χ1v) is 3.42. The van der Waals surface area contributed by atoms with Gasteiger partial charge in [-0.25, -0.2) is 8.42 Å². The van der Waals surface area contributed by atoms with Crippen LogP contribution < -0.4 is 6.15 Å². The topological polar surface area (TPSA) is 94.4 Å². The zero-order valence-electron chi connectivity index (χ0n) is 5.61. The molecule has 0 heterocycles. The molecule has 0 aromatic heterocycles. The van der Waals surface area contributed by atoms with Crippen molar-refractivity contribution >= 4 is 10.0 Å². The lowest BCUT2D eigenvalue weighted by molar-refractivity contribution is -0.240. The predicted molar refractivity (Wildman–Crippen MR) is 30.2 cm³/mol. The monoisotopic (exact) mass is 216 g/mol. The number of hydrogen-bond acceptors (Lipinski definition) is 2. The minimum atomic E-state index is -6.23. The standard InChI is InChI=1S/C2HF5NO2S.H3N/c3-1(4,5)2(6,7)11(8,9)10;/h(H-,8,9,10);1H3/q-1;/p+1. The third-order valence-corrected chi connectivity index (χ3v) is 1.57. The van der Waals surface area contributed by atoms with Crippen LogP contribution in [0.25, 0.3) is 5.14 Å². The molecule has 5 N–H and O–H groups in total. The van der Waals surface area contributed by atoms with E-state index in [0.29, 0.717) is 0 Å². The Morgan fingerprint density at radius 3 is 1.25 bits per heavy atom. The number of hydrogen-bond donors (Lipinski definition) is 1. The number of alkyl halides is 5. The third kappa shape index (κ3) is 2.25. The molecule has 0 saturated carbocycles. The second-order valence-corrected chi connectivity index (χ2v) is 3.04. The van der Waals surface area contributed by atoms with Crippen LogP contribution in [0, 0.1) is 0 Å². The Kier molecular flexibility index (Phi) is 3.64. The molecular weight excluding hydrogens is 211 g/mol. The van der Waals surface area contributed by atoms with E-state index in [1.54, 1.807) is 0 Å². The van der Waals surface area contributed by atoms with Gasteiger partial charge in [-0.3, -0.25) is 0 Å². The molecule has 0 fully saturated rings. The van der Waals surface area contributed by atoms with Gasteiger partial charge < -0.3 is 11.3 Å². The van der Waals surface area contributed by atoms with Crippen molar-refractivity contribution in [3.8, 4) is 0 Å². The summed E-state index contributed by atoms with van der Waals surface area (Å²) < 4.78 is 75.3. The molecule has 0 aromatic carbocycles. The summed E-state index contributed by atoms with van der Waals surface area (Å²) in [4.78, 5) is 0. The Bertz CT molecular complexity index is 243. The van der Waals surface area contributed by atoms with Gasteiger partial charge in [0.05, 0.1) is 0 Å². The lowest BCUT2D eigenvalue weighted by Crippen LogP contribution is -2.41. The van der Waals surface area contributed by atoms with Crippen molar-refractivity contribution in [3.63, 3.8) is 0 Å². The Hall–Kier alpha value is -0.480. The van der Waals surface area contributed by atoms with Crippen LogP contribution in [-0.2, 0) is 10.0 Å². The molecule has 0 radical (unpaired) electrons. The molecule has 0 aliphatic heterocycles. The number of quaternary nitrogens is 1. The van der Waals surface area contributed by atoms with E-state index in [1.807, 2.05) is 0 Å². The molecule has 0 atom stereocenters. The third-order valence-electron chi connectivity index (χ3n) is 0.668.